The van der Waals surface area contributed by atoms with Gasteiger partial charge in [0.1, 0.15) is 18.1 Å². The van der Waals surface area contributed by atoms with Crippen LogP contribution < -0.4 is 21.7 Å². The molecule has 0 aliphatic heterocycles. The van der Waals surface area contributed by atoms with Crippen LogP contribution in [-0.2, 0) is 19.1 Å². The maximum Gasteiger partial charge on any atom is 0.339 e. The molecule has 15 heteroatoms. The molecule has 0 aromatic carbocycles. The molecular weight excluding hydrogens is 504 g/mol. The van der Waals surface area contributed by atoms with Crippen LogP contribution in [0.5, 0.6) is 0 Å². The van der Waals surface area contributed by atoms with Crippen LogP contribution in [0.4, 0.5) is 0 Å². The predicted octanol–water partition coefficient (Wildman–Crippen LogP) is -3.15. The Labute approximate surface area is 216 Å². The van der Waals surface area contributed by atoms with Gasteiger partial charge in [-0.2, -0.15) is 0 Å². The van der Waals surface area contributed by atoms with E-state index in [0.29, 0.717) is 11.4 Å². The lowest BCUT2D eigenvalue weighted by atomic mass is 10.1. The highest BCUT2D eigenvalue weighted by molar-refractivity contribution is 5.98. The Morgan fingerprint density at radius 3 is 1.68 bits per heavy atom. The summed E-state index contributed by atoms with van der Waals surface area (Å²) in [5.74, 6) is -4.35. The van der Waals surface area contributed by atoms with E-state index in [0.717, 1.165) is 0 Å². The quantitative estimate of drug-likeness (QED) is 0.127. The van der Waals surface area contributed by atoms with Crippen molar-refractivity contribution in [1.29, 1.82) is 0 Å². The molecule has 8 N–H and O–H groups in total. The Morgan fingerprint density at radius 1 is 0.789 bits per heavy atom. The zero-order valence-electron chi connectivity index (χ0n) is 20.3. The topological polar surface area (TPSA) is 243 Å². The molecule has 0 saturated heterocycles. The number of aliphatic hydroxyl groups excluding tert-OH is 3. The largest absolute Gasteiger partial charge is 0.462 e. The first-order valence-electron chi connectivity index (χ1n) is 11.3. The number of pyridine rings is 2. The molecule has 3 atom stereocenters. The molecule has 0 aliphatic carbocycles. The molecule has 2 rings (SSSR count). The van der Waals surface area contributed by atoms with Crippen molar-refractivity contribution in [3.05, 3.63) is 47.8 Å². The Balaban J connectivity index is 2.02. The third-order valence-electron chi connectivity index (χ3n) is 5.03. The molecule has 2 aromatic rings. The van der Waals surface area contributed by atoms with Crippen molar-refractivity contribution in [3.63, 3.8) is 0 Å². The maximum absolute atomic E-state index is 12.6. The minimum absolute atomic E-state index is 0.0341. The summed E-state index contributed by atoms with van der Waals surface area (Å²) in [6, 6.07) is 1.44. The highest BCUT2D eigenvalue weighted by atomic mass is 16.5. The molecule has 0 radical (unpaired) electrons. The first-order valence-corrected chi connectivity index (χ1v) is 11.3. The predicted molar refractivity (Wildman–Crippen MR) is 129 cm³/mol. The second kappa shape index (κ2) is 14.3. The van der Waals surface area contributed by atoms with Crippen LogP contribution in [0.3, 0.4) is 0 Å². The summed E-state index contributed by atoms with van der Waals surface area (Å²) in [4.78, 5) is 68.4. The number of nitrogens with one attached hydrogen (secondary N) is 3. The lowest BCUT2D eigenvalue weighted by molar-refractivity contribution is -0.133. The Hall–Kier alpha value is -4.47. The van der Waals surface area contributed by atoms with Crippen LogP contribution in [0, 0.1) is 0 Å². The second-order valence-corrected chi connectivity index (χ2v) is 7.68. The number of hydrogen-bond donors (Lipinski definition) is 7. The van der Waals surface area contributed by atoms with Crippen molar-refractivity contribution in [1.82, 2.24) is 25.9 Å². The standard InChI is InChI=1S/C23H28N6O9/c1-2-38-23(37)13-4-6-15(26-8-13)14-5-3-12(7-25-14)20(34)28-17(10-31)22(36)29-18(11-32)21(35)27-16(9-30)19(24)33/h3-8,16-18,30-32H,2,9-11H2,1H3,(H2,24,33)(H,27,35)(H,28,34)(H,29,36)/t16-,17-,18-/m0/s1. The molecule has 204 valence electrons. The van der Waals surface area contributed by atoms with E-state index in [1.807, 2.05) is 0 Å². The highest BCUT2D eigenvalue weighted by Crippen LogP contribution is 2.15. The van der Waals surface area contributed by atoms with E-state index in [9.17, 15) is 34.2 Å². The highest BCUT2D eigenvalue weighted by Gasteiger charge is 2.28. The van der Waals surface area contributed by atoms with E-state index in [-0.39, 0.29) is 17.7 Å². The van der Waals surface area contributed by atoms with Gasteiger partial charge in [-0.25, -0.2) is 4.79 Å². The molecule has 15 nitrogen and oxygen atoms in total. The zero-order chi connectivity index (χ0) is 28.2. The number of esters is 1. The lowest BCUT2D eigenvalue weighted by Gasteiger charge is -2.22. The van der Waals surface area contributed by atoms with E-state index < -0.39 is 67.5 Å². The molecule has 0 aliphatic rings. The molecule has 0 unspecified atom stereocenters. The van der Waals surface area contributed by atoms with Gasteiger partial charge in [-0.05, 0) is 31.2 Å². The van der Waals surface area contributed by atoms with E-state index >= 15 is 0 Å². The smallest absolute Gasteiger partial charge is 0.339 e. The third-order valence-corrected chi connectivity index (χ3v) is 5.03. The number of carbonyl (C=O) groups is 5. The molecule has 2 heterocycles. The first-order chi connectivity index (χ1) is 18.1. The minimum atomic E-state index is -1.56. The van der Waals surface area contributed by atoms with E-state index in [4.69, 9.17) is 15.6 Å². The molecule has 38 heavy (non-hydrogen) atoms. The number of aromatic nitrogens is 2. The van der Waals surface area contributed by atoms with Gasteiger partial charge in [-0.3, -0.25) is 29.1 Å². The number of carbonyl (C=O) groups excluding carboxylic acids is 5. The number of nitrogens with zero attached hydrogens (tertiary/aromatic N) is 2. The molecule has 2 aromatic heterocycles. The van der Waals surface area contributed by atoms with Gasteiger partial charge in [0, 0.05) is 12.4 Å². The number of aliphatic hydroxyl groups is 3. The van der Waals surface area contributed by atoms with Gasteiger partial charge < -0.3 is 41.7 Å². The third kappa shape index (κ3) is 8.02. The average molecular weight is 533 g/mol. The minimum Gasteiger partial charge on any atom is -0.462 e. The summed E-state index contributed by atoms with van der Waals surface area (Å²) in [7, 11) is 0. The molecule has 4 amide bonds. The van der Waals surface area contributed by atoms with Gasteiger partial charge in [0.05, 0.1) is 48.9 Å². The molecule has 0 saturated carbocycles. The summed E-state index contributed by atoms with van der Waals surface area (Å²) >= 11 is 0. The number of amides is 4. The van der Waals surface area contributed by atoms with Crippen molar-refractivity contribution in [2.75, 3.05) is 26.4 Å². The maximum atomic E-state index is 12.6. The van der Waals surface area contributed by atoms with Crippen molar-refractivity contribution >= 4 is 29.6 Å². The molecular formula is C23H28N6O9. The van der Waals surface area contributed by atoms with E-state index in [2.05, 4.69) is 25.9 Å². The Bertz CT molecular complexity index is 1140. The van der Waals surface area contributed by atoms with Gasteiger partial charge in [0.15, 0.2) is 0 Å². The Kier molecular flexibility index (Phi) is 11.2. The van der Waals surface area contributed by atoms with Gasteiger partial charge >= 0.3 is 5.97 Å². The van der Waals surface area contributed by atoms with Gasteiger partial charge in [0.25, 0.3) is 5.91 Å². The average Bonchev–Trinajstić information content (AvgIpc) is 2.92. The summed E-state index contributed by atoms with van der Waals surface area (Å²) in [5, 5.41) is 34.5. The van der Waals surface area contributed by atoms with Crippen molar-refractivity contribution in [3.8, 4) is 11.4 Å². The van der Waals surface area contributed by atoms with Crippen LogP contribution >= 0.6 is 0 Å². The van der Waals surface area contributed by atoms with Crippen LogP contribution in [0.2, 0.25) is 0 Å². The molecule has 0 bridgehead atoms. The Morgan fingerprint density at radius 2 is 1.26 bits per heavy atom. The number of nitrogens with two attached hydrogens (primary N) is 1. The van der Waals surface area contributed by atoms with Crippen LogP contribution in [0.15, 0.2) is 36.7 Å². The fraction of sp³-hybridized carbons (Fsp3) is 0.348. The fourth-order valence-electron chi connectivity index (χ4n) is 2.94. The van der Waals surface area contributed by atoms with E-state index in [1.165, 1.54) is 30.6 Å². The molecule has 0 spiro atoms. The monoisotopic (exact) mass is 532 g/mol. The fourth-order valence-corrected chi connectivity index (χ4v) is 2.94. The second-order valence-electron chi connectivity index (χ2n) is 7.68. The van der Waals surface area contributed by atoms with Crippen LogP contribution in [0.25, 0.3) is 11.4 Å². The molecule has 0 fully saturated rings. The SMILES string of the molecule is CCOC(=O)c1ccc(-c2ccc(C(=O)N[C@@H](CO)C(=O)N[C@@H](CO)C(=O)N[C@@H](CO)C(N)=O)cn2)nc1. The van der Waals surface area contributed by atoms with Crippen molar-refractivity contribution in [2.45, 2.75) is 25.0 Å². The van der Waals surface area contributed by atoms with Gasteiger partial charge in [-0.1, -0.05) is 0 Å². The number of hydrogen-bond acceptors (Lipinski definition) is 11. The van der Waals surface area contributed by atoms with Gasteiger partial charge in [0.2, 0.25) is 17.7 Å². The normalized spacial score (nSPS) is 12.9. The zero-order valence-corrected chi connectivity index (χ0v) is 20.3. The lowest BCUT2D eigenvalue weighted by Crippen LogP contribution is -2.58. The summed E-state index contributed by atoms with van der Waals surface area (Å²) in [6.45, 7) is -0.626. The van der Waals surface area contributed by atoms with Crippen LogP contribution in [0.1, 0.15) is 27.6 Å². The van der Waals surface area contributed by atoms with Crippen molar-refractivity contribution < 1.29 is 44.0 Å². The summed E-state index contributed by atoms with van der Waals surface area (Å²) < 4.78 is 4.90. The summed E-state index contributed by atoms with van der Waals surface area (Å²) in [5.41, 5.74) is 6.13. The number of primary amides is 1. The van der Waals surface area contributed by atoms with E-state index in [1.54, 1.807) is 13.0 Å². The van der Waals surface area contributed by atoms with Crippen LogP contribution in [-0.4, -0.2) is 99.4 Å². The first kappa shape index (κ1) is 29.8. The number of rotatable bonds is 13. The number of ether oxygens (including phenoxy) is 1. The van der Waals surface area contributed by atoms with Crippen molar-refractivity contribution in [2.24, 2.45) is 5.73 Å². The summed E-state index contributed by atoms with van der Waals surface area (Å²) in [6.07, 6.45) is 2.54. The van der Waals surface area contributed by atoms with Gasteiger partial charge in [-0.15, -0.1) is 0 Å².